The minimum absolute atomic E-state index is 0.0301. The molecule has 4 nitrogen and oxygen atoms in total. The first-order valence-corrected chi connectivity index (χ1v) is 6.42. The van der Waals surface area contributed by atoms with Gasteiger partial charge in [0.2, 0.25) is 0 Å². The van der Waals surface area contributed by atoms with Gasteiger partial charge in [-0.05, 0) is 12.8 Å². The normalized spacial score (nSPS) is 24.8. The van der Waals surface area contributed by atoms with Gasteiger partial charge in [0.15, 0.2) is 0 Å². The van der Waals surface area contributed by atoms with Crippen molar-refractivity contribution in [2.24, 2.45) is 5.73 Å². The van der Waals surface area contributed by atoms with Crippen molar-refractivity contribution >= 4 is 6.03 Å². The molecule has 0 bridgehead atoms. The lowest BCUT2D eigenvalue weighted by atomic mass is 10.0. The maximum absolute atomic E-state index is 10.6. The smallest absolute Gasteiger partial charge is 0.315 e. The summed E-state index contributed by atoms with van der Waals surface area (Å²) < 4.78 is 0. The van der Waals surface area contributed by atoms with Gasteiger partial charge in [0.1, 0.15) is 0 Å². The van der Waals surface area contributed by atoms with Gasteiger partial charge in [-0.2, -0.15) is 0 Å². The molecule has 1 aliphatic carbocycles. The molecule has 1 unspecified atom stereocenters. The van der Waals surface area contributed by atoms with Crippen molar-refractivity contribution in [3.8, 4) is 0 Å². The van der Waals surface area contributed by atoms with E-state index in [1.807, 2.05) is 0 Å². The fourth-order valence-electron chi connectivity index (χ4n) is 2.38. The Kier molecular flexibility index (Phi) is 6.23. The summed E-state index contributed by atoms with van der Waals surface area (Å²) in [6.45, 7) is 0.726. The van der Waals surface area contributed by atoms with Crippen molar-refractivity contribution in [3.63, 3.8) is 0 Å². The Morgan fingerprint density at radius 2 is 1.62 bits per heavy atom. The number of aliphatic hydroxyl groups excluding tert-OH is 1. The summed E-state index contributed by atoms with van der Waals surface area (Å²) in [5.74, 6) is 0. The molecule has 94 valence electrons. The molecule has 1 saturated carbocycles. The quantitative estimate of drug-likeness (QED) is 0.719. The van der Waals surface area contributed by atoms with Gasteiger partial charge in [-0.15, -0.1) is 0 Å². The number of hydrogen-bond acceptors (Lipinski definition) is 2. The molecule has 2 aliphatic rings. The van der Waals surface area contributed by atoms with Gasteiger partial charge in [0.05, 0.1) is 12.6 Å². The van der Waals surface area contributed by atoms with Crippen molar-refractivity contribution in [2.75, 3.05) is 13.2 Å². The van der Waals surface area contributed by atoms with E-state index in [2.05, 4.69) is 0 Å². The summed E-state index contributed by atoms with van der Waals surface area (Å²) in [7, 11) is 0. The largest absolute Gasteiger partial charge is 0.394 e. The Bertz CT molecular complexity index is 194. The second kappa shape index (κ2) is 7.49. The molecule has 0 spiro atoms. The molecule has 0 radical (unpaired) electrons. The minimum Gasteiger partial charge on any atom is -0.394 e. The van der Waals surface area contributed by atoms with Crippen LogP contribution in [-0.2, 0) is 0 Å². The number of amides is 2. The SMILES string of the molecule is C1CCCCC1.NC(=O)N1CCCC1CO. The first-order valence-electron chi connectivity index (χ1n) is 6.42. The molecule has 4 heteroatoms. The Morgan fingerprint density at radius 3 is 1.94 bits per heavy atom. The lowest BCUT2D eigenvalue weighted by molar-refractivity contribution is 0.163. The van der Waals surface area contributed by atoms with Gasteiger partial charge >= 0.3 is 6.03 Å². The van der Waals surface area contributed by atoms with Gasteiger partial charge in [0, 0.05) is 6.54 Å². The highest BCUT2D eigenvalue weighted by Gasteiger charge is 2.25. The van der Waals surface area contributed by atoms with E-state index in [-0.39, 0.29) is 12.6 Å². The van der Waals surface area contributed by atoms with E-state index in [9.17, 15) is 4.79 Å². The molecular weight excluding hydrogens is 204 g/mol. The topological polar surface area (TPSA) is 66.6 Å². The Morgan fingerprint density at radius 1 is 1.12 bits per heavy atom. The van der Waals surface area contributed by atoms with Crippen molar-refractivity contribution < 1.29 is 9.90 Å². The van der Waals surface area contributed by atoms with E-state index in [1.165, 1.54) is 43.4 Å². The fourth-order valence-corrected chi connectivity index (χ4v) is 2.38. The van der Waals surface area contributed by atoms with Gasteiger partial charge in [0.25, 0.3) is 0 Å². The number of urea groups is 1. The zero-order valence-electron chi connectivity index (χ0n) is 10.0. The van der Waals surface area contributed by atoms with Gasteiger partial charge in [-0.1, -0.05) is 38.5 Å². The lowest BCUT2D eigenvalue weighted by Gasteiger charge is -2.19. The number of carbonyl (C=O) groups excluding carboxylic acids is 1. The van der Waals surface area contributed by atoms with Crippen molar-refractivity contribution in [1.82, 2.24) is 4.90 Å². The molecule has 1 aliphatic heterocycles. The second-order valence-electron chi connectivity index (χ2n) is 4.63. The molecule has 1 atom stereocenters. The molecular formula is C12H24N2O2. The average molecular weight is 228 g/mol. The molecule has 1 saturated heterocycles. The Hall–Kier alpha value is -0.770. The summed E-state index contributed by atoms with van der Waals surface area (Å²) in [6.07, 6.45) is 10.8. The van der Waals surface area contributed by atoms with Crippen LogP contribution >= 0.6 is 0 Å². The molecule has 2 fully saturated rings. The molecule has 16 heavy (non-hydrogen) atoms. The molecule has 0 aromatic rings. The highest BCUT2D eigenvalue weighted by molar-refractivity contribution is 5.72. The summed E-state index contributed by atoms with van der Waals surface area (Å²) >= 11 is 0. The summed E-state index contributed by atoms with van der Waals surface area (Å²) in [6, 6.07) is -0.450. The van der Waals surface area contributed by atoms with Crippen LogP contribution in [0.3, 0.4) is 0 Å². The number of nitrogens with two attached hydrogens (primary N) is 1. The van der Waals surface area contributed by atoms with E-state index in [1.54, 1.807) is 0 Å². The van der Waals surface area contributed by atoms with Crippen LogP contribution in [0, 0.1) is 0 Å². The predicted octanol–water partition coefficient (Wildman–Crippen LogP) is 1.86. The maximum Gasteiger partial charge on any atom is 0.315 e. The fraction of sp³-hybridized carbons (Fsp3) is 0.917. The number of hydrogen-bond donors (Lipinski definition) is 2. The predicted molar refractivity (Wildman–Crippen MR) is 64.1 cm³/mol. The van der Waals surface area contributed by atoms with Crippen LogP contribution in [0.5, 0.6) is 0 Å². The molecule has 2 amide bonds. The number of nitrogens with zero attached hydrogens (tertiary/aromatic N) is 1. The highest BCUT2D eigenvalue weighted by atomic mass is 16.3. The van der Waals surface area contributed by atoms with Crippen LogP contribution < -0.4 is 5.73 Å². The third kappa shape index (κ3) is 4.39. The highest BCUT2D eigenvalue weighted by Crippen LogP contribution is 2.15. The van der Waals surface area contributed by atoms with Crippen molar-refractivity contribution in [3.05, 3.63) is 0 Å². The van der Waals surface area contributed by atoms with Crippen molar-refractivity contribution in [2.45, 2.75) is 57.4 Å². The first-order chi connectivity index (χ1) is 7.75. The van der Waals surface area contributed by atoms with Crippen LogP contribution in [0.2, 0.25) is 0 Å². The van der Waals surface area contributed by atoms with E-state index in [0.717, 1.165) is 12.8 Å². The zero-order valence-corrected chi connectivity index (χ0v) is 10.0. The third-order valence-corrected chi connectivity index (χ3v) is 3.37. The van der Waals surface area contributed by atoms with Crippen LogP contribution in [0.15, 0.2) is 0 Å². The molecule has 0 aromatic carbocycles. The van der Waals surface area contributed by atoms with E-state index in [4.69, 9.17) is 10.8 Å². The number of rotatable bonds is 1. The Balaban J connectivity index is 0.000000181. The van der Waals surface area contributed by atoms with Crippen LogP contribution in [0.4, 0.5) is 4.79 Å². The monoisotopic (exact) mass is 228 g/mol. The van der Waals surface area contributed by atoms with E-state index in [0.29, 0.717) is 6.54 Å². The van der Waals surface area contributed by atoms with Crippen LogP contribution in [-0.4, -0.2) is 35.2 Å². The number of likely N-dealkylation sites (tertiary alicyclic amines) is 1. The van der Waals surface area contributed by atoms with Gasteiger partial charge in [-0.3, -0.25) is 0 Å². The van der Waals surface area contributed by atoms with Gasteiger partial charge in [-0.25, -0.2) is 4.79 Å². The third-order valence-electron chi connectivity index (χ3n) is 3.37. The summed E-state index contributed by atoms with van der Waals surface area (Å²) in [5, 5.41) is 8.74. The number of primary amides is 1. The minimum atomic E-state index is -0.420. The van der Waals surface area contributed by atoms with E-state index < -0.39 is 6.03 Å². The zero-order chi connectivity index (χ0) is 11.8. The standard InChI is InChI=1S/C6H12N2O2.C6H12/c7-6(10)8-3-1-2-5(8)4-9;1-2-4-6-5-3-1/h5,9H,1-4H2,(H2,7,10);1-6H2. The number of aliphatic hydroxyl groups is 1. The summed E-state index contributed by atoms with van der Waals surface area (Å²) in [4.78, 5) is 12.1. The number of carbonyl (C=O) groups is 1. The van der Waals surface area contributed by atoms with Crippen molar-refractivity contribution in [1.29, 1.82) is 0 Å². The maximum atomic E-state index is 10.6. The molecule has 2 rings (SSSR count). The molecule has 0 aromatic heterocycles. The molecule has 3 N–H and O–H groups in total. The summed E-state index contributed by atoms with van der Waals surface area (Å²) in [5.41, 5.74) is 5.04. The van der Waals surface area contributed by atoms with Crippen LogP contribution in [0.1, 0.15) is 51.4 Å². The second-order valence-corrected chi connectivity index (χ2v) is 4.63. The first kappa shape index (κ1) is 13.3. The van der Waals surface area contributed by atoms with Crippen LogP contribution in [0.25, 0.3) is 0 Å². The van der Waals surface area contributed by atoms with Gasteiger partial charge < -0.3 is 15.7 Å². The average Bonchev–Trinajstić information content (AvgIpc) is 2.80. The lowest BCUT2D eigenvalue weighted by Crippen LogP contribution is -2.41. The Labute approximate surface area is 97.8 Å². The van der Waals surface area contributed by atoms with E-state index >= 15 is 0 Å². The molecule has 1 heterocycles.